The molecule has 0 unspecified atom stereocenters. The number of hydrogen-bond donors (Lipinski definition) is 4. The molecule has 1 aromatic heterocycles. The van der Waals surface area contributed by atoms with Gasteiger partial charge in [-0.2, -0.15) is 0 Å². The van der Waals surface area contributed by atoms with Crippen LogP contribution in [-0.2, 0) is 30.1 Å². The Hall–Kier alpha value is -4.02. The molecular weight excluding hydrogens is 598 g/mol. The smallest absolute Gasteiger partial charge is 0.220 e. The highest BCUT2D eigenvalue weighted by molar-refractivity contribution is 7.10. The van der Waals surface area contributed by atoms with Crippen molar-refractivity contribution in [2.45, 2.75) is 81.7 Å². The van der Waals surface area contributed by atoms with Crippen LogP contribution in [0.15, 0.2) is 78.2 Å². The quantitative estimate of drug-likeness (QED) is 0.202. The third-order valence-electron chi connectivity index (χ3n) is 8.90. The van der Waals surface area contributed by atoms with Crippen molar-refractivity contribution in [2.24, 2.45) is 11.5 Å². The summed E-state index contributed by atoms with van der Waals surface area (Å²) in [7, 11) is 4.32. The number of primary amides is 2. The highest BCUT2D eigenvalue weighted by atomic mass is 32.1. The Morgan fingerprint density at radius 3 is 1.78 bits per heavy atom. The van der Waals surface area contributed by atoms with Gasteiger partial charge in [0.2, 0.25) is 23.6 Å². The topological polar surface area (TPSA) is 148 Å². The summed E-state index contributed by atoms with van der Waals surface area (Å²) in [5.41, 5.74) is 11.5. The first kappa shape index (κ1) is 36.4. The highest BCUT2D eigenvalue weighted by Crippen LogP contribution is 2.43. The number of carbonyl (C=O) groups excluding carboxylic acids is 4. The lowest BCUT2D eigenvalue weighted by molar-refractivity contribution is -0.123. The lowest BCUT2D eigenvalue weighted by atomic mass is 9.76. The van der Waals surface area contributed by atoms with Crippen LogP contribution >= 0.6 is 11.3 Å². The molecule has 0 radical (unpaired) electrons. The highest BCUT2D eigenvalue weighted by Gasteiger charge is 2.39. The lowest BCUT2D eigenvalue weighted by Gasteiger charge is -2.44. The normalized spacial score (nSPS) is 17.8. The Bertz CT molecular complexity index is 1330. The molecule has 9 nitrogen and oxygen atoms in total. The second kappa shape index (κ2) is 17.6. The van der Waals surface area contributed by atoms with E-state index in [0.29, 0.717) is 25.8 Å². The third-order valence-corrected chi connectivity index (χ3v) is 9.96. The van der Waals surface area contributed by atoms with Crippen LogP contribution in [0.5, 0.6) is 0 Å². The van der Waals surface area contributed by atoms with Crippen molar-refractivity contribution < 1.29 is 19.2 Å². The second-order valence-corrected chi connectivity index (χ2v) is 13.3. The Labute approximate surface area is 277 Å². The molecule has 2 aromatic carbocycles. The molecule has 1 fully saturated rings. The van der Waals surface area contributed by atoms with E-state index in [4.69, 9.17) is 11.5 Å². The van der Waals surface area contributed by atoms with Gasteiger partial charge in [0.15, 0.2) is 0 Å². The SMILES string of the molecule is CN(C)C1(c2cccs2)CCC(NC(=O)CCCC(=O)NCC(C)(c2ccccc2)c2ccccc2)CC1.NC(=O)CCC(N)=O. The molecule has 4 amide bonds. The molecule has 6 N–H and O–H groups in total. The average Bonchev–Trinajstić information content (AvgIpc) is 3.60. The third kappa shape index (κ3) is 10.5. The molecule has 0 spiro atoms. The molecule has 3 aromatic rings. The van der Waals surface area contributed by atoms with Gasteiger partial charge in [-0.1, -0.05) is 66.7 Å². The summed E-state index contributed by atoms with van der Waals surface area (Å²) in [4.78, 5) is 49.0. The molecule has 1 saturated carbocycles. The maximum atomic E-state index is 12.7. The predicted molar refractivity (Wildman–Crippen MR) is 184 cm³/mol. The van der Waals surface area contributed by atoms with Gasteiger partial charge < -0.3 is 22.1 Å². The number of nitrogens with zero attached hydrogens (tertiary/aromatic N) is 1. The zero-order chi connectivity index (χ0) is 33.6. The van der Waals surface area contributed by atoms with Gasteiger partial charge in [0.25, 0.3) is 0 Å². The molecule has 0 aliphatic heterocycles. The molecule has 1 aliphatic carbocycles. The van der Waals surface area contributed by atoms with Crippen molar-refractivity contribution in [3.05, 3.63) is 94.2 Å². The molecule has 248 valence electrons. The van der Waals surface area contributed by atoms with E-state index in [2.05, 4.69) is 78.3 Å². The van der Waals surface area contributed by atoms with Crippen molar-refractivity contribution in [3.63, 3.8) is 0 Å². The first-order chi connectivity index (χ1) is 22.0. The van der Waals surface area contributed by atoms with Crippen molar-refractivity contribution in [2.75, 3.05) is 20.6 Å². The van der Waals surface area contributed by atoms with E-state index in [1.54, 1.807) is 0 Å². The predicted octanol–water partition coefficient (Wildman–Crippen LogP) is 4.59. The number of hydrogen-bond acceptors (Lipinski definition) is 6. The van der Waals surface area contributed by atoms with Crippen LogP contribution in [0.4, 0.5) is 0 Å². The average molecular weight is 648 g/mol. The summed E-state index contributed by atoms with van der Waals surface area (Å²) in [6.45, 7) is 2.67. The van der Waals surface area contributed by atoms with E-state index in [-0.39, 0.29) is 41.7 Å². The monoisotopic (exact) mass is 647 g/mol. The van der Waals surface area contributed by atoms with Crippen LogP contribution in [0.3, 0.4) is 0 Å². The van der Waals surface area contributed by atoms with Crippen LogP contribution in [0, 0.1) is 0 Å². The maximum Gasteiger partial charge on any atom is 0.220 e. The van der Waals surface area contributed by atoms with Crippen LogP contribution < -0.4 is 22.1 Å². The van der Waals surface area contributed by atoms with Crippen LogP contribution in [0.25, 0.3) is 0 Å². The molecule has 1 aliphatic rings. The summed E-state index contributed by atoms with van der Waals surface area (Å²) in [6.07, 6.45) is 5.39. The van der Waals surface area contributed by atoms with E-state index < -0.39 is 11.8 Å². The fourth-order valence-corrected chi connectivity index (χ4v) is 7.07. The first-order valence-corrected chi connectivity index (χ1v) is 16.8. The Morgan fingerprint density at radius 1 is 0.804 bits per heavy atom. The first-order valence-electron chi connectivity index (χ1n) is 15.9. The fourth-order valence-electron chi connectivity index (χ4n) is 6.00. The van der Waals surface area contributed by atoms with E-state index in [0.717, 1.165) is 36.8 Å². The van der Waals surface area contributed by atoms with Crippen LogP contribution in [-0.4, -0.2) is 55.2 Å². The summed E-state index contributed by atoms with van der Waals surface area (Å²) < 4.78 is 0. The summed E-state index contributed by atoms with van der Waals surface area (Å²) >= 11 is 1.82. The zero-order valence-electron chi connectivity index (χ0n) is 27.3. The largest absolute Gasteiger partial charge is 0.370 e. The molecule has 46 heavy (non-hydrogen) atoms. The van der Waals surface area contributed by atoms with Gasteiger partial charge in [0.05, 0.1) is 5.54 Å². The maximum absolute atomic E-state index is 12.7. The summed E-state index contributed by atoms with van der Waals surface area (Å²) in [5.74, 6) is -0.956. The fraction of sp³-hybridized carbons (Fsp3) is 0.444. The van der Waals surface area contributed by atoms with Crippen molar-refractivity contribution >= 4 is 35.0 Å². The van der Waals surface area contributed by atoms with Crippen LogP contribution in [0.1, 0.15) is 80.7 Å². The number of amides is 4. The van der Waals surface area contributed by atoms with E-state index in [1.165, 1.54) is 4.88 Å². The van der Waals surface area contributed by atoms with Gasteiger partial charge in [-0.05, 0) is 75.7 Å². The number of carbonyl (C=O) groups is 4. The second-order valence-electron chi connectivity index (χ2n) is 12.4. The Morgan fingerprint density at radius 2 is 1.33 bits per heavy atom. The van der Waals surface area contributed by atoms with E-state index in [1.807, 2.05) is 47.7 Å². The van der Waals surface area contributed by atoms with Gasteiger partial charge in [-0.3, -0.25) is 24.1 Å². The minimum Gasteiger partial charge on any atom is -0.370 e. The number of nitrogens with one attached hydrogen (secondary N) is 2. The minimum atomic E-state index is -0.496. The van der Waals surface area contributed by atoms with Gasteiger partial charge in [0, 0.05) is 48.6 Å². The molecule has 0 saturated heterocycles. The molecular formula is C36H49N5O4S. The van der Waals surface area contributed by atoms with Crippen molar-refractivity contribution in [1.29, 1.82) is 0 Å². The van der Waals surface area contributed by atoms with Crippen LogP contribution in [0.2, 0.25) is 0 Å². The van der Waals surface area contributed by atoms with Gasteiger partial charge in [0.1, 0.15) is 0 Å². The Balaban J connectivity index is 0.000000637. The number of rotatable bonds is 14. The molecule has 0 bridgehead atoms. The molecule has 10 heteroatoms. The number of thiophene rings is 1. The molecule has 1 heterocycles. The Kier molecular flexibility index (Phi) is 14.0. The minimum absolute atomic E-state index is 0.0136. The molecule has 4 rings (SSSR count). The lowest BCUT2D eigenvalue weighted by Crippen LogP contribution is -2.48. The van der Waals surface area contributed by atoms with E-state index >= 15 is 0 Å². The van der Waals surface area contributed by atoms with Gasteiger partial charge >= 0.3 is 0 Å². The van der Waals surface area contributed by atoms with Crippen molar-refractivity contribution in [3.8, 4) is 0 Å². The number of nitrogens with two attached hydrogens (primary N) is 2. The van der Waals surface area contributed by atoms with Crippen molar-refractivity contribution in [1.82, 2.24) is 15.5 Å². The number of benzene rings is 2. The summed E-state index contributed by atoms with van der Waals surface area (Å²) in [5, 5.41) is 8.51. The van der Waals surface area contributed by atoms with E-state index in [9.17, 15) is 19.2 Å². The van der Waals surface area contributed by atoms with Gasteiger partial charge in [-0.25, -0.2) is 0 Å². The standard InChI is InChI=1S/C32H41N3O2S.C4H8N2O2/c1-31(25-12-6-4-7-13-25,26-14-8-5-9-15-26)24-33-29(36)17-10-18-30(37)34-27-19-21-32(22-20-27,35(2)3)28-16-11-23-38-28;5-3(7)1-2-4(6)8/h4-9,11-16,23,27H,10,17-22,24H2,1-3H3,(H,33,36)(H,34,37);1-2H2,(H2,5,7)(H2,6,8). The van der Waals surface area contributed by atoms with Gasteiger partial charge in [-0.15, -0.1) is 11.3 Å². The molecule has 0 atom stereocenters. The zero-order valence-corrected chi connectivity index (χ0v) is 28.1. The summed E-state index contributed by atoms with van der Waals surface area (Å²) in [6, 6.07) is 25.2.